The number of nitrogens with two attached hydrogens (primary N) is 1. The van der Waals surface area contributed by atoms with Crippen LogP contribution in [0.2, 0.25) is 0 Å². The van der Waals surface area contributed by atoms with Crippen LogP contribution in [0.25, 0.3) is 0 Å². The molecular formula is C24H23F3N6O2. The Kier molecular flexibility index (Phi) is 8.76. The highest BCUT2D eigenvalue weighted by Crippen LogP contribution is 2.29. The van der Waals surface area contributed by atoms with Gasteiger partial charge in [-0.1, -0.05) is 47.6 Å². The lowest BCUT2D eigenvalue weighted by Gasteiger charge is -2.08. The van der Waals surface area contributed by atoms with Gasteiger partial charge in [0.05, 0.1) is 17.5 Å². The molecular weight excluding hydrogens is 461 g/mol. The second-order valence-electron chi connectivity index (χ2n) is 7.18. The summed E-state index contributed by atoms with van der Waals surface area (Å²) in [5.74, 6) is 6.01. The summed E-state index contributed by atoms with van der Waals surface area (Å²) in [5, 5.41) is 11.7. The third-order valence-electron chi connectivity index (χ3n) is 4.59. The Balaban J connectivity index is 1.46. The van der Waals surface area contributed by atoms with Crippen molar-refractivity contribution in [3.8, 4) is 5.88 Å². The van der Waals surface area contributed by atoms with Crippen molar-refractivity contribution in [2.45, 2.75) is 19.7 Å². The third kappa shape index (κ3) is 8.14. The highest BCUT2D eigenvalue weighted by Gasteiger charge is 2.29. The summed E-state index contributed by atoms with van der Waals surface area (Å²) in [6, 6.07) is 17.6. The molecule has 0 aliphatic carbocycles. The van der Waals surface area contributed by atoms with E-state index in [0.29, 0.717) is 28.6 Å². The zero-order valence-corrected chi connectivity index (χ0v) is 18.7. The van der Waals surface area contributed by atoms with Gasteiger partial charge in [0.25, 0.3) is 0 Å². The molecule has 1 heterocycles. The van der Waals surface area contributed by atoms with E-state index in [1.165, 1.54) is 12.1 Å². The maximum absolute atomic E-state index is 12.6. The quantitative estimate of drug-likeness (QED) is 0.204. The molecule has 0 fully saturated rings. The monoisotopic (exact) mass is 484 g/mol. The third-order valence-corrected chi connectivity index (χ3v) is 4.59. The number of rotatable bonds is 9. The van der Waals surface area contributed by atoms with Crippen LogP contribution in [0, 0.1) is 0 Å². The largest absolute Gasteiger partial charge is 0.469 e. The first-order valence-electron chi connectivity index (χ1n) is 10.4. The standard InChI is InChI=1S/C24H23F3N6O2/c1-17(33-35-15-19-7-10-21(11-8-19)24(25,26)27)20-9-12-23(29-14-20)34-16-22(31-28)32-30-13-18-5-3-2-4-6-18/h2-14H,15-16,28H2,1H3,(H,31,32)/b30-13+,33-17?. The number of aromatic nitrogens is 1. The summed E-state index contributed by atoms with van der Waals surface area (Å²) in [4.78, 5) is 9.46. The van der Waals surface area contributed by atoms with Gasteiger partial charge in [0.1, 0.15) is 6.61 Å². The van der Waals surface area contributed by atoms with Crippen molar-refractivity contribution < 1.29 is 22.7 Å². The minimum Gasteiger partial charge on any atom is -0.469 e. The van der Waals surface area contributed by atoms with Crippen molar-refractivity contribution in [3.05, 3.63) is 95.2 Å². The predicted octanol–water partition coefficient (Wildman–Crippen LogP) is 4.32. The molecule has 11 heteroatoms. The van der Waals surface area contributed by atoms with Gasteiger partial charge in [-0.25, -0.2) is 4.98 Å². The van der Waals surface area contributed by atoms with Crippen molar-refractivity contribution in [2.24, 2.45) is 21.2 Å². The summed E-state index contributed by atoms with van der Waals surface area (Å²) in [7, 11) is 0. The van der Waals surface area contributed by atoms with Crippen LogP contribution in [0.1, 0.15) is 29.2 Å². The lowest BCUT2D eigenvalue weighted by Crippen LogP contribution is -2.26. The molecule has 0 atom stereocenters. The molecule has 2 aromatic carbocycles. The maximum atomic E-state index is 12.6. The second-order valence-corrected chi connectivity index (χ2v) is 7.18. The molecule has 3 rings (SSSR count). The molecule has 0 saturated heterocycles. The Morgan fingerprint density at radius 3 is 2.43 bits per heavy atom. The zero-order valence-electron chi connectivity index (χ0n) is 18.7. The Bertz CT molecular complexity index is 1160. The van der Waals surface area contributed by atoms with Gasteiger partial charge in [-0.15, -0.1) is 0 Å². The number of oxime groups is 1. The van der Waals surface area contributed by atoms with Crippen molar-refractivity contribution >= 4 is 17.8 Å². The molecule has 0 saturated carbocycles. The molecule has 0 unspecified atom stereocenters. The molecule has 3 aromatic rings. The molecule has 182 valence electrons. The lowest BCUT2D eigenvalue weighted by molar-refractivity contribution is -0.137. The van der Waals surface area contributed by atoms with Crippen LogP contribution in [0.3, 0.4) is 0 Å². The number of amidine groups is 1. The van der Waals surface area contributed by atoms with Gasteiger partial charge in [0.2, 0.25) is 5.88 Å². The Hall–Kier alpha value is -4.41. The van der Waals surface area contributed by atoms with Crippen LogP contribution < -0.4 is 16.0 Å². The molecule has 35 heavy (non-hydrogen) atoms. The lowest BCUT2D eigenvalue weighted by atomic mass is 10.1. The van der Waals surface area contributed by atoms with Crippen LogP contribution >= 0.6 is 0 Å². The molecule has 8 nitrogen and oxygen atoms in total. The summed E-state index contributed by atoms with van der Waals surface area (Å²) in [6.45, 7) is 1.78. The number of pyridine rings is 1. The van der Waals surface area contributed by atoms with Crippen molar-refractivity contribution in [3.63, 3.8) is 0 Å². The van der Waals surface area contributed by atoms with Gasteiger partial charge in [0.15, 0.2) is 12.4 Å². The SMILES string of the molecule is CC(=NOCc1ccc(C(F)(F)F)cc1)c1ccc(OC/C(=N\N)N/N=C/c2ccccc2)nc1. The van der Waals surface area contributed by atoms with Gasteiger partial charge < -0.3 is 15.4 Å². The van der Waals surface area contributed by atoms with Crippen LogP contribution in [0.4, 0.5) is 13.2 Å². The number of ether oxygens (including phenoxy) is 1. The second kappa shape index (κ2) is 12.2. The highest BCUT2D eigenvalue weighted by molar-refractivity contribution is 5.98. The van der Waals surface area contributed by atoms with E-state index in [1.807, 2.05) is 30.3 Å². The molecule has 0 bridgehead atoms. The van der Waals surface area contributed by atoms with E-state index in [4.69, 9.17) is 15.4 Å². The normalized spacial score (nSPS) is 12.6. The summed E-state index contributed by atoms with van der Waals surface area (Å²) < 4.78 is 43.4. The molecule has 1 aromatic heterocycles. The molecule has 0 amide bonds. The predicted molar refractivity (Wildman–Crippen MR) is 127 cm³/mol. The van der Waals surface area contributed by atoms with E-state index in [0.717, 1.165) is 17.7 Å². The first-order valence-corrected chi connectivity index (χ1v) is 10.4. The van der Waals surface area contributed by atoms with Gasteiger partial charge in [0, 0.05) is 17.8 Å². The van der Waals surface area contributed by atoms with E-state index in [1.54, 1.807) is 31.5 Å². The van der Waals surface area contributed by atoms with Gasteiger partial charge in [-0.3, -0.25) is 5.43 Å². The zero-order chi connectivity index (χ0) is 25.1. The summed E-state index contributed by atoms with van der Waals surface area (Å²) in [5.41, 5.74) is 4.70. The van der Waals surface area contributed by atoms with E-state index in [9.17, 15) is 13.2 Å². The average Bonchev–Trinajstić information content (AvgIpc) is 2.86. The number of hydrogen-bond donors (Lipinski definition) is 2. The number of nitrogens with zero attached hydrogens (tertiary/aromatic N) is 4. The van der Waals surface area contributed by atoms with Gasteiger partial charge in [-0.2, -0.15) is 23.4 Å². The molecule has 0 spiro atoms. The topological polar surface area (TPSA) is 106 Å². The Morgan fingerprint density at radius 2 is 1.80 bits per heavy atom. The van der Waals surface area contributed by atoms with Crippen LogP contribution in [0.5, 0.6) is 5.88 Å². The van der Waals surface area contributed by atoms with Crippen molar-refractivity contribution in [1.82, 2.24) is 10.4 Å². The summed E-state index contributed by atoms with van der Waals surface area (Å²) in [6.07, 6.45) is -1.20. The van der Waals surface area contributed by atoms with Gasteiger partial charge in [-0.05, 0) is 36.2 Å². The fourth-order valence-electron chi connectivity index (χ4n) is 2.69. The van der Waals surface area contributed by atoms with E-state index in [-0.39, 0.29) is 13.2 Å². The fraction of sp³-hybridized carbons (Fsp3) is 0.167. The van der Waals surface area contributed by atoms with Crippen LogP contribution in [-0.4, -0.2) is 29.4 Å². The minimum absolute atomic E-state index is 0.0261. The van der Waals surface area contributed by atoms with Crippen LogP contribution in [-0.2, 0) is 17.6 Å². The molecule has 0 radical (unpaired) electrons. The smallest absolute Gasteiger partial charge is 0.416 e. The first kappa shape index (κ1) is 25.2. The first-order chi connectivity index (χ1) is 16.8. The number of alkyl halides is 3. The number of halogens is 3. The maximum Gasteiger partial charge on any atom is 0.416 e. The van der Waals surface area contributed by atoms with Crippen molar-refractivity contribution in [2.75, 3.05) is 6.61 Å². The number of nitrogens with one attached hydrogen (secondary N) is 1. The van der Waals surface area contributed by atoms with Crippen LogP contribution in [0.15, 0.2) is 88.3 Å². The molecule has 3 N–H and O–H groups in total. The number of benzene rings is 2. The number of hydrogen-bond acceptors (Lipinski definition) is 7. The van der Waals surface area contributed by atoms with E-state index >= 15 is 0 Å². The Labute approximate surface area is 200 Å². The molecule has 0 aliphatic rings. The summed E-state index contributed by atoms with van der Waals surface area (Å²) >= 11 is 0. The van der Waals surface area contributed by atoms with E-state index in [2.05, 4.69) is 25.8 Å². The fourth-order valence-corrected chi connectivity index (χ4v) is 2.69. The Morgan fingerprint density at radius 1 is 1.06 bits per heavy atom. The highest BCUT2D eigenvalue weighted by atomic mass is 19.4. The van der Waals surface area contributed by atoms with Crippen molar-refractivity contribution in [1.29, 1.82) is 0 Å². The average molecular weight is 484 g/mol. The molecule has 0 aliphatic heterocycles. The minimum atomic E-state index is -4.37. The number of hydrazone groups is 2. The van der Waals surface area contributed by atoms with Gasteiger partial charge >= 0.3 is 6.18 Å². The van der Waals surface area contributed by atoms with E-state index < -0.39 is 11.7 Å².